The monoisotopic (exact) mass is 304 g/mol. The van der Waals surface area contributed by atoms with E-state index < -0.39 is 0 Å². The summed E-state index contributed by atoms with van der Waals surface area (Å²) in [6.45, 7) is 1.56. The molecular weight excluding hydrogens is 292 g/mol. The minimum atomic E-state index is -0.00395. The van der Waals surface area contributed by atoms with Gasteiger partial charge in [0.15, 0.2) is 5.78 Å². The molecule has 22 heavy (non-hydrogen) atoms. The first-order valence-electron chi connectivity index (χ1n) is 7.19. The summed E-state index contributed by atoms with van der Waals surface area (Å²) < 4.78 is 0. The minimum Gasteiger partial charge on any atom is -0.294 e. The van der Waals surface area contributed by atoms with Crippen LogP contribution in [0, 0.1) is 0 Å². The van der Waals surface area contributed by atoms with Crippen molar-refractivity contribution in [2.45, 2.75) is 6.92 Å². The quantitative estimate of drug-likeness (QED) is 0.311. The molecule has 0 saturated heterocycles. The van der Waals surface area contributed by atoms with Crippen molar-refractivity contribution in [1.29, 1.82) is 0 Å². The van der Waals surface area contributed by atoms with Crippen LogP contribution >= 0.6 is 11.6 Å². The second-order valence-electron chi connectivity index (χ2n) is 5.60. The van der Waals surface area contributed by atoms with Crippen LogP contribution in [-0.4, -0.2) is 5.78 Å². The molecule has 0 aliphatic carbocycles. The SMILES string of the molecule is CC(=O)c1c(Cl)ccc2cc3cc4ccccc4cc3cc12. The van der Waals surface area contributed by atoms with Crippen LogP contribution in [0.25, 0.3) is 32.3 Å². The third-order valence-electron chi connectivity index (χ3n) is 4.14. The fourth-order valence-electron chi connectivity index (χ4n) is 3.10. The molecular formula is C20H13ClO. The molecule has 0 heterocycles. The lowest BCUT2D eigenvalue weighted by molar-refractivity contribution is 0.101. The van der Waals surface area contributed by atoms with Crippen LogP contribution in [0.2, 0.25) is 5.02 Å². The van der Waals surface area contributed by atoms with Gasteiger partial charge in [-0.1, -0.05) is 41.9 Å². The van der Waals surface area contributed by atoms with Crippen molar-refractivity contribution in [3.63, 3.8) is 0 Å². The Morgan fingerprint density at radius 1 is 0.773 bits per heavy atom. The highest BCUT2D eigenvalue weighted by molar-refractivity contribution is 6.36. The van der Waals surface area contributed by atoms with E-state index in [9.17, 15) is 4.79 Å². The number of benzene rings is 4. The van der Waals surface area contributed by atoms with Crippen molar-refractivity contribution < 1.29 is 4.79 Å². The van der Waals surface area contributed by atoms with E-state index in [0.29, 0.717) is 10.6 Å². The number of Topliss-reactive ketones (excluding diaryl/α,β-unsaturated/α-hetero) is 1. The van der Waals surface area contributed by atoms with Gasteiger partial charge in [0.25, 0.3) is 0 Å². The van der Waals surface area contributed by atoms with Crippen molar-refractivity contribution in [3.8, 4) is 0 Å². The normalized spacial score (nSPS) is 11.4. The maximum absolute atomic E-state index is 11.9. The topological polar surface area (TPSA) is 17.1 Å². The molecule has 0 amide bonds. The number of hydrogen-bond donors (Lipinski definition) is 0. The Morgan fingerprint density at radius 3 is 2.00 bits per heavy atom. The molecule has 4 aromatic carbocycles. The zero-order valence-corrected chi connectivity index (χ0v) is 12.8. The summed E-state index contributed by atoms with van der Waals surface area (Å²) in [4.78, 5) is 11.9. The maximum Gasteiger partial charge on any atom is 0.161 e. The summed E-state index contributed by atoms with van der Waals surface area (Å²) >= 11 is 6.22. The van der Waals surface area contributed by atoms with E-state index in [-0.39, 0.29) is 5.78 Å². The predicted molar refractivity (Wildman–Crippen MR) is 94.0 cm³/mol. The fraction of sp³-hybridized carbons (Fsp3) is 0.0500. The van der Waals surface area contributed by atoms with E-state index in [4.69, 9.17) is 11.6 Å². The van der Waals surface area contributed by atoms with E-state index in [0.717, 1.165) is 16.2 Å². The summed E-state index contributed by atoms with van der Waals surface area (Å²) in [5.74, 6) is -0.00395. The molecule has 0 unspecified atom stereocenters. The van der Waals surface area contributed by atoms with Gasteiger partial charge in [0, 0.05) is 5.56 Å². The number of rotatable bonds is 1. The Balaban J connectivity index is 2.17. The van der Waals surface area contributed by atoms with Gasteiger partial charge in [-0.3, -0.25) is 4.79 Å². The van der Waals surface area contributed by atoms with Crippen molar-refractivity contribution in [2.75, 3.05) is 0 Å². The predicted octanol–water partition coefficient (Wildman–Crippen LogP) is 6.00. The standard InChI is InChI=1S/C20H13ClO/c1-12(22)20-18-11-17-9-14-5-3-2-4-13(14)8-16(17)10-15(18)6-7-19(20)21/h2-11H,1H3. The molecule has 2 heteroatoms. The van der Waals surface area contributed by atoms with Crippen LogP contribution in [0.15, 0.2) is 60.7 Å². The first-order valence-corrected chi connectivity index (χ1v) is 7.57. The molecule has 4 rings (SSSR count). The van der Waals surface area contributed by atoms with Crippen LogP contribution in [0.3, 0.4) is 0 Å². The van der Waals surface area contributed by atoms with Crippen LogP contribution in [0.5, 0.6) is 0 Å². The van der Waals surface area contributed by atoms with Crippen molar-refractivity contribution in [2.24, 2.45) is 0 Å². The molecule has 0 aliphatic heterocycles. The van der Waals surface area contributed by atoms with Crippen molar-refractivity contribution >= 4 is 49.7 Å². The average Bonchev–Trinajstić information content (AvgIpc) is 2.50. The Hall–Kier alpha value is -2.38. The Labute approximate surface area is 133 Å². The van der Waals surface area contributed by atoms with Crippen LogP contribution in [0.4, 0.5) is 0 Å². The van der Waals surface area contributed by atoms with E-state index in [1.807, 2.05) is 18.2 Å². The number of ketones is 1. The number of hydrogen-bond acceptors (Lipinski definition) is 1. The van der Waals surface area contributed by atoms with E-state index >= 15 is 0 Å². The van der Waals surface area contributed by atoms with Crippen LogP contribution in [0.1, 0.15) is 17.3 Å². The molecule has 0 fully saturated rings. The second kappa shape index (κ2) is 4.82. The lowest BCUT2D eigenvalue weighted by Gasteiger charge is -2.09. The Kier molecular flexibility index (Phi) is 2.91. The molecule has 0 N–H and O–H groups in total. The third-order valence-corrected chi connectivity index (χ3v) is 4.46. The highest BCUT2D eigenvalue weighted by atomic mass is 35.5. The molecule has 0 aromatic heterocycles. The van der Waals surface area contributed by atoms with Crippen LogP contribution in [-0.2, 0) is 0 Å². The van der Waals surface area contributed by atoms with Gasteiger partial charge in [-0.05, 0) is 69.6 Å². The summed E-state index contributed by atoms with van der Waals surface area (Å²) in [6, 6.07) is 20.6. The lowest BCUT2D eigenvalue weighted by atomic mass is 9.96. The van der Waals surface area contributed by atoms with Gasteiger partial charge in [-0.25, -0.2) is 0 Å². The molecule has 0 bridgehead atoms. The Bertz CT molecular complexity index is 1060. The van der Waals surface area contributed by atoms with Gasteiger partial charge >= 0.3 is 0 Å². The molecule has 0 radical (unpaired) electrons. The lowest BCUT2D eigenvalue weighted by Crippen LogP contribution is -1.95. The highest BCUT2D eigenvalue weighted by Crippen LogP contribution is 2.32. The summed E-state index contributed by atoms with van der Waals surface area (Å²) in [5, 5.41) is 7.18. The van der Waals surface area contributed by atoms with Gasteiger partial charge < -0.3 is 0 Å². The maximum atomic E-state index is 11.9. The highest BCUT2D eigenvalue weighted by Gasteiger charge is 2.11. The zero-order valence-electron chi connectivity index (χ0n) is 12.1. The molecule has 0 atom stereocenters. The van der Waals surface area contributed by atoms with Gasteiger partial charge in [0.1, 0.15) is 0 Å². The first kappa shape index (κ1) is 13.3. The van der Waals surface area contributed by atoms with E-state index in [2.05, 4.69) is 36.4 Å². The number of carbonyl (C=O) groups is 1. The largest absolute Gasteiger partial charge is 0.294 e. The third kappa shape index (κ3) is 1.98. The fourth-order valence-corrected chi connectivity index (χ4v) is 3.39. The number of halogens is 1. The van der Waals surface area contributed by atoms with E-state index in [1.54, 1.807) is 13.0 Å². The molecule has 1 nitrogen and oxygen atoms in total. The number of fused-ring (bicyclic) bond motifs is 3. The molecule has 4 aromatic rings. The summed E-state index contributed by atoms with van der Waals surface area (Å²) in [7, 11) is 0. The van der Waals surface area contributed by atoms with Crippen molar-refractivity contribution in [3.05, 3.63) is 71.2 Å². The summed E-state index contributed by atoms with van der Waals surface area (Å²) in [6.07, 6.45) is 0. The molecule has 106 valence electrons. The molecule has 0 spiro atoms. The summed E-state index contributed by atoms with van der Waals surface area (Å²) in [5.41, 5.74) is 0.606. The van der Waals surface area contributed by atoms with Gasteiger partial charge in [-0.15, -0.1) is 0 Å². The van der Waals surface area contributed by atoms with Gasteiger partial charge in [0.2, 0.25) is 0 Å². The van der Waals surface area contributed by atoms with Gasteiger partial charge in [0.05, 0.1) is 5.02 Å². The Morgan fingerprint density at radius 2 is 1.36 bits per heavy atom. The molecule has 0 aliphatic rings. The zero-order chi connectivity index (χ0) is 15.3. The minimum absolute atomic E-state index is 0.00395. The number of carbonyl (C=O) groups excluding carboxylic acids is 1. The average molecular weight is 305 g/mol. The van der Waals surface area contributed by atoms with Gasteiger partial charge in [-0.2, -0.15) is 0 Å². The molecule has 0 saturated carbocycles. The first-order chi connectivity index (χ1) is 10.6. The van der Waals surface area contributed by atoms with Crippen molar-refractivity contribution in [1.82, 2.24) is 0 Å². The smallest absolute Gasteiger partial charge is 0.161 e. The second-order valence-corrected chi connectivity index (χ2v) is 6.01. The van der Waals surface area contributed by atoms with Crippen LogP contribution < -0.4 is 0 Å². The van der Waals surface area contributed by atoms with E-state index in [1.165, 1.54) is 16.2 Å².